The van der Waals surface area contributed by atoms with Crippen LogP contribution in [0.2, 0.25) is 0 Å². The number of methoxy groups -OCH3 is 2. The molecule has 0 aliphatic heterocycles. The van der Waals surface area contributed by atoms with Gasteiger partial charge in [-0.3, -0.25) is 14.7 Å². The van der Waals surface area contributed by atoms with Crippen molar-refractivity contribution in [2.45, 2.75) is 18.8 Å². The molecule has 2 N–H and O–H groups in total. The van der Waals surface area contributed by atoms with Gasteiger partial charge in [0.05, 0.1) is 24.4 Å². The molecule has 3 rings (SSSR count). The van der Waals surface area contributed by atoms with Crippen LogP contribution in [0.25, 0.3) is 0 Å². The Morgan fingerprint density at radius 3 is 2.48 bits per heavy atom. The second-order valence-electron chi connectivity index (χ2n) is 5.97. The number of carbonyl (C=O) groups is 1. The zero-order valence-electron chi connectivity index (χ0n) is 14.9. The number of ether oxygens (including phenoxy) is 2. The lowest BCUT2D eigenvalue weighted by Gasteiger charge is -2.14. The fourth-order valence-electron chi connectivity index (χ4n) is 2.97. The van der Waals surface area contributed by atoms with Crippen molar-refractivity contribution < 1.29 is 14.3 Å². The second-order valence-corrected chi connectivity index (χ2v) is 8.47. The number of benzene rings is 1. The van der Waals surface area contributed by atoms with Gasteiger partial charge in [-0.2, -0.15) is 0 Å². The lowest BCUT2D eigenvalue weighted by atomic mass is 9.92. The molecule has 27 heavy (non-hydrogen) atoms. The van der Waals surface area contributed by atoms with Crippen molar-refractivity contribution in [2.75, 3.05) is 14.2 Å². The van der Waals surface area contributed by atoms with E-state index in [0.29, 0.717) is 12.0 Å². The minimum absolute atomic E-state index is 0.0972. The summed E-state index contributed by atoms with van der Waals surface area (Å²) in [6.07, 6.45) is 0.627. The average molecular weight is 451 g/mol. The van der Waals surface area contributed by atoms with Crippen LogP contribution in [0, 0.1) is 0 Å². The summed E-state index contributed by atoms with van der Waals surface area (Å²) in [7, 11) is 2.97. The number of thiophene rings is 1. The number of esters is 1. The molecule has 6 nitrogen and oxygen atoms in total. The summed E-state index contributed by atoms with van der Waals surface area (Å²) in [6.45, 7) is 0. The molecule has 0 amide bonds. The van der Waals surface area contributed by atoms with Gasteiger partial charge in [-0.15, -0.1) is 11.3 Å². The first kappa shape index (κ1) is 19.4. The number of halogens is 1. The lowest BCUT2D eigenvalue weighted by Crippen LogP contribution is -2.17. The van der Waals surface area contributed by atoms with E-state index in [9.17, 15) is 9.59 Å². The molecule has 8 heteroatoms. The van der Waals surface area contributed by atoms with E-state index in [4.69, 9.17) is 9.47 Å². The number of nitrogens with one attached hydrogen (secondary N) is 2. The molecule has 2 heterocycles. The van der Waals surface area contributed by atoms with E-state index in [1.807, 2.05) is 36.4 Å². The van der Waals surface area contributed by atoms with Gasteiger partial charge in [0.2, 0.25) is 0 Å². The van der Waals surface area contributed by atoms with E-state index in [0.717, 1.165) is 25.7 Å². The van der Waals surface area contributed by atoms with Crippen LogP contribution in [0.15, 0.2) is 45.0 Å². The summed E-state index contributed by atoms with van der Waals surface area (Å²) >= 11 is 4.95. The van der Waals surface area contributed by atoms with Crippen LogP contribution in [0.1, 0.15) is 34.0 Å². The van der Waals surface area contributed by atoms with E-state index in [2.05, 4.69) is 26.1 Å². The van der Waals surface area contributed by atoms with E-state index >= 15 is 0 Å². The molecular formula is C19H19BrN2O4S. The second kappa shape index (κ2) is 8.58. The Hall–Kier alpha value is -2.32. The molecule has 0 unspecified atom stereocenters. The van der Waals surface area contributed by atoms with Crippen LogP contribution < -0.4 is 10.3 Å². The van der Waals surface area contributed by atoms with Crippen LogP contribution in [0.3, 0.4) is 0 Å². The van der Waals surface area contributed by atoms with Crippen LogP contribution in [-0.2, 0) is 16.0 Å². The third kappa shape index (κ3) is 4.51. The van der Waals surface area contributed by atoms with Crippen molar-refractivity contribution in [3.63, 3.8) is 0 Å². The molecule has 0 radical (unpaired) electrons. The van der Waals surface area contributed by atoms with E-state index in [-0.39, 0.29) is 23.9 Å². The van der Waals surface area contributed by atoms with Crippen molar-refractivity contribution in [1.82, 2.24) is 10.2 Å². The van der Waals surface area contributed by atoms with Crippen molar-refractivity contribution >= 4 is 33.2 Å². The Labute approximate surface area is 168 Å². The molecule has 0 saturated carbocycles. The van der Waals surface area contributed by atoms with Crippen LogP contribution in [-0.4, -0.2) is 30.4 Å². The molecule has 2 aromatic heterocycles. The standard InChI is InChI=1S/C19H19BrN2O4S/c1-25-12-5-3-11(4-6-12)9-14-18(19(24)22-21-14)13(10-17(23)26-2)15-7-8-16(20)27-15/h3-8,13H,9-10H2,1-2H3,(H2,21,22,24)/t13-/m1/s1. The zero-order chi connectivity index (χ0) is 19.4. The molecule has 0 aliphatic rings. The highest BCUT2D eigenvalue weighted by Crippen LogP contribution is 2.35. The minimum Gasteiger partial charge on any atom is -0.497 e. The molecule has 0 bridgehead atoms. The Balaban J connectivity index is 1.98. The minimum atomic E-state index is -0.378. The summed E-state index contributed by atoms with van der Waals surface area (Å²) < 4.78 is 11.0. The molecule has 0 fully saturated rings. The maximum Gasteiger partial charge on any atom is 0.306 e. The highest BCUT2D eigenvalue weighted by molar-refractivity contribution is 9.11. The summed E-state index contributed by atoms with van der Waals surface area (Å²) in [5.41, 5.74) is 2.11. The molecule has 0 spiro atoms. The van der Waals surface area contributed by atoms with Gasteiger partial charge >= 0.3 is 5.97 Å². The fourth-order valence-corrected chi connectivity index (χ4v) is 4.50. The van der Waals surface area contributed by atoms with Gasteiger partial charge in [0.15, 0.2) is 0 Å². The number of H-pyrrole nitrogens is 2. The summed E-state index contributed by atoms with van der Waals surface area (Å²) in [4.78, 5) is 25.5. The number of carbonyl (C=O) groups excluding carboxylic acids is 1. The summed E-state index contributed by atoms with van der Waals surface area (Å²) in [6, 6.07) is 11.5. The molecular weight excluding hydrogens is 432 g/mol. The Bertz CT molecular complexity index is 974. The molecule has 142 valence electrons. The van der Waals surface area contributed by atoms with Crippen LogP contribution in [0.5, 0.6) is 5.75 Å². The van der Waals surface area contributed by atoms with Crippen LogP contribution >= 0.6 is 27.3 Å². The highest BCUT2D eigenvalue weighted by atomic mass is 79.9. The fraction of sp³-hybridized carbons (Fsp3) is 0.263. The smallest absolute Gasteiger partial charge is 0.306 e. The molecule has 1 atom stereocenters. The third-order valence-electron chi connectivity index (χ3n) is 4.32. The lowest BCUT2D eigenvalue weighted by molar-refractivity contribution is -0.140. The highest BCUT2D eigenvalue weighted by Gasteiger charge is 2.27. The largest absolute Gasteiger partial charge is 0.497 e. The zero-order valence-corrected chi connectivity index (χ0v) is 17.3. The van der Waals surface area contributed by atoms with E-state index in [1.165, 1.54) is 18.4 Å². The normalized spacial score (nSPS) is 12.0. The molecule has 3 aromatic rings. The van der Waals surface area contributed by atoms with Gasteiger partial charge in [0.25, 0.3) is 5.56 Å². The molecule has 1 aromatic carbocycles. The van der Waals surface area contributed by atoms with Crippen molar-refractivity contribution in [1.29, 1.82) is 0 Å². The van der Waals surface area contributed by atoms with Gasteiger partial charge in [-0.1, -0.05) is 12.1 Å². The number of hydrogen-bond acceptors (Lipinski definition) is 5. The molecule has 0 saturated heterocycles. The quantitative estimate of drug-likeness (QED) is 0.535. The first-order chi connectivity index (χ1) is 13.0. The van der Waals surface area contributed by atoms with Crippen molar-refractivity contribution in [3.8, 4) is 5.75 Å². The number of aromatic amines is 2. The van der Waals surface area contributed by atoms with E-state index < -0.39 is 0 Å². The Morgan fingerprint density at radius 2 is 1.89 bits per heavy atom. The van der Waals surface area contributed by atoms with Gasteiger partial charge < -0.3 is 14.6 Å². The van der Waals surface area contributed by atoms with Gasteiger partial charge in [-0.05, 0) is 45.8 Å². The maximum atomic E-state index is 12.6. The number of rotatable bonds is 7. The summed E-state index contributed by atoms with van der Waals surface area (Å²) in [5, 5.41) is 5.64. The number of aromatic nitrogens is 2. The average Bonchev–Trinajstić information content (AvgIpc) is 3.26. The first-order valence-electron chi connectivity index (χ1n) is 8.26. The molecule has 0 aliphatic carbocycles. The Kier molecular flexibility index (Phi) is 6.18. The van der Waals surface area contributed by atoms with Crippen molar-refractivity contribution in [3.05, 3.63) is 72.2 Å². The predicted molar refractivity (Wildman–Crippen MR) is 108 cm³/mol. The SMILES string of the molecule is COC(=O)C[C@H](c1ccc(Br)s1)c1c(Cc2ccc(OC)cc2)[nH][nH]c1=O. The summed E-state index contributed by atoms with van der Waals surface area (Å²) in [5.74, 6) is 0.0334. The number of hydrogen-bond donors (Lipinski definition) is 2. The third-order valence-corrected chi connectivity index (χ3v) is 6.06. The predicted octanol–water partition coefficient (Wildman–Crippen LogP) is 3.82. The monoisotopic (exact) mass is 450 g/mol. The van der Waals surface area contributed by atoms with Gasteiger partial charge in [-0.25, -0.2) is 0 Å². The van der Waals surface area contributed by atoms with Crippen molar-refractivity contribution in [2.24, 2.45) is 0 Å². The Morgan fingerprint density at radius 1 is 1.15 bits per heavy atom. The van der Waals surface area contributed by atoms with Crippen LogP contribution in [0.4, 0.5) is 0 Å². The van der Waals surface area contributed by atoms with Gasteiger partial charge in [0.1, 0.15) is 5.75 Å². The first-order valence-corrected chi connectivity index (χ1v) is 9.87. The topological polar surface area (TPSA) is 84.2 Å². The van der Waals surface area contributed by atoms with Gasteiger partial charge in [0, 0.05) is 28.5 Å². The van der Waals surface area contributed by atoms with E-state index in [1.54, 1.807) is 7.11 Å². The maximum absolute atomic E-state index is 12.6.